The Morgan fingerprint density at radius 1 is 0.946 bits per heavy atom. The number of ether oxygens (including phenoxy) is 3. The first-order chi connectivity index (χ1) is 27.1. The first-order valence-electron chi connectivity index (χ1n) is 18.2. The number of aromatic nitrogens is 1. The number of nitrogens with two attached hydrogens (primary N) is 1. The summed E-state index contributed by atoms with van der Waals surface area (Å²) in [7, 11) is 0. The molecule has 2 heterocycles. The molecule has 6 rings (SSSR count). The van der Waals surface area contributed by atoms with Gasteiger partial charge >= 0.3 is 0 Å². The summed E-state index contributed by atoms with van der Waals surface area (Å²) in [5.74, 6) is -4.19. The molecule has 4 N–H and O–H groups in total. The summed E-state index contributed by atoms with van der Waals surface area (Å²) >= 11 is 0. The molecule has 0 unspecified atom stereocenters. The molecule has 0 radical (unpaired) electrons. The van der Waals surface area contributed by atoms with Gasteiger partial charge in [0.2, 0.25) is 11.8 Å². The van der Waals surface area contributed by atoms with Gasteiger partial charge in [0.15, 0.2) is 0 Å². The highest BCUT2D eigenvalue weighted by Gasteiger charge is 2.47. The van der Waals surface area contributed by atoms with Gasteiger partial charge in [-0.15, -0.1) is 0 Å². The molecular weight excluding hydrogens is 722 g/mol. The van der Waals surface area contributed by atoms with Crippen LogP contribution in [0.4, 0.5) is 8.78 Å². The van der Waals surface area contributed by atoms with Crippen molar-refractivity contribution in [3.63, 3.8) is 0 Å². The molecule has 3 amide bonds. The highest BCUT2D eigenvalue weighted by Crippen LogP contribution is 2.32. The van der Waals surface area contributed by atoms with Crippen LogP contribution in [0.3, 0.4) is 0 Å². The molecule has 0 aliphatic carbocycles. The van der Waals surface area contributed by atoms with Gasteiger partial charge in [-0.25, -0.2) is 8.78 Å². The standard InChI is InChI=1S/C42H42F2N6O6/c43-42(44)22-34(23-46)50(27-42)40(52)24-48-41(53)36-13-15-47-38-12-9-32(21-37(36)38)30-7-10-35(11-8-30)56-25-33(49-39(51)26-55-18-17-54-16-14-45)20-28-5-6-29-3-1-2-4-31(29)19-28/h1-13,15,19,21,33-34H,14,16-18,20,22,24-27,45H2,(H,48,53)(H,49,51)/t33-,34-/m0/s1. The van der Waals surface area contributed by atoms with E-state index in [0.717, 1.165) is 32.4 Å². The first-order valence-corrected chi connectivity index (χ1v) is 18.2. The lowest BCUT2D eigenvalue weighted by molar-refractivity contribution is -0.131. The lowest BCUT2D eigenvalue weighted by atomic mass is 10.0. The number of carbonyl (C=O) groups is 3. The average molecular weight is 765 g/mol. The van der Waals surface area contributed by atoms with Crippen molar-refractivity contribution in [3.8, 4) is 22.9 Å². The number of likely N-dealkylation sites (tertiary alicyclic amines) is 1. The minimum Gasteiger partial charge on any atom is -0.491 e. The van der Waals surface area contributed by atoms with Crippen LogP contribution in [0.15, 0.2) is 97.2 Å². The van der Waals surface area contributed by atoms with Crippen LogP contribution in [0.5, 0.6) is 5.75 Å². The molecular formula is C42H42F2N6O6. The smallest absolute Gasteiger partial charge is 0.268 e. The van der Waals surface area contributed by atoms with Crippen molar-refractivity contribution < 1.29 is 37.4 Å². The van der Waals surface area contributed by atoms with Crippen LogP contribution in [0.25, 0.3) is 32.8 Å². The molecule has 1 saturated heterocycles. The maximum atomic E-state index is 13.9. The Kier molecular flexibility index (Phi) is 13.1. The predicted octanol–water partition coefficient (Wildman–Crippen LogP) is 4.64. The van der Waals surface area contributed by atoms with Crippen molar-refractivity contribution in [2.24, 2.45) is 5.73 Å². The fourth-order valence-electron chi connectivity index (χ4n) is 6.55. The van der Waals surface area contributed by atoms with E-state index in [1.165, 1.54) is 12.3 Å². The number of nitriles is 1. The molecule has 2 atom stereocenters. The van der Waals surface area contributed by atoms with Crippen LogP contribution in [0.2, 0.25) is 0 Å². The van der Waals surface area contributed by atoms with Gasteiger partial charge in [-0.3, -0.25) is 19.4 Å². The number of amides is 3. The molecule has 14 heteroatoms. The molecule has 1 aliphatic rings. The second kappa shape index (κ2) is 18.5. The number of benzene rings is 4. The van der Waals surface area contributed by atoms with Gasteiger partial charge in [0.1, 0.15) is 25.0 Å². The van der Waals surface area contributed by atoms with Gasteiger partial charge in [0.05, 0.1) is 56.1 Å². The molecule has 5 aromatic rings. The number of halogens is 2. The highest BCUT2D eigenvalue weighted by molar-refractivity contribution is 6.07. The Morgan fingerprint density at radius 2 is 1.71 bits per heavy atom. The van der Waals surface area contributed by atoms with Crippen molar-refractivity contribution in [3.05, 3.63) is 108 Å². The molecule has 0 bridgehead atoms. The van der Waals surface area contributed by atoms with Gasteiger partial charge < -0.3 is 35.5 Å². The average Bonchev–Trinajstić information content (AvgIpc) is 3.54. The van der Waals surface area contributed by atoms with Crippen LogP contribution in [-0.4, -0.2) is 98.3 Å². The Bertz CT molecular complexity index is 2210. The number of nitrogens with one attached hydrogen (secondary N) is 2. The van der Waals surface area contributed by atoms with Crippen LogP contribution in [-0.2, 0) is 25.5 Å². The summed E-state index contributed by atoms with van der Waals surface area (Å²) in [4.78, 5) is 43.9. The van der Waals surface area contributed by atoms with Crippen LogP contribution in [0.1, 0.15) is 22.3 Å². The lowest BCUT2D eigenvalue weighted by Gasteiger charge is -2.20. The zero-order valence-electron chi connectivity index (χ0n) is 30.6. The second-order valence-corrected chi connectivity index (χ2v) is 13.4. The summed E-state index contributed by atoms with van der Waals surface area (Å²) in [6.45, 7) is 0.113. The molecule has 0 saturated carbocycles. The van der Waals surface area contributed by atoms with Gasteiger partial charge in [-0.2, -0.15) is 5.26 Å². The molecule has 1 aromatic heterocycles. The normalized spacial score (nSPS) is 15.3. The van der Waals surface area contributed by atoms with Crippen molar-refractivity contribution in [2.45, 2.75) is 30.8 Å². The monoisotopic (exact) mass is 764 g/mol. The Balaban J connectivity index is 1.10. The third kappa shape index (κ3) is 10.4. The molecule has 290 valence electrons. The second-order valence-electron chi connectivity index (χ2n) is 13.4. The maximum absolute atomic E-state index is 13.9. The molecule has 4 aromatic carbocycles. The van der Waals surface area contributed by atoms with Crippen molar-refractivity contribution in [2.75, 3.05) is 52.7 Å². The van der Waals surface area contributed by atoms with E-state index in [1.54, 1.807) is 12.1 Å². The Morgan fingerprint density at radius 3 is 2.50 bits per heavy atom. The van der Waals surface area contributed by atoms with Gasteiger partial charge in [-0.1, -0.05) is 60.7 Å². The minimum absolute atomic E-state index is 0.124. The van der Waals surface area contributed by atoms with E-state index in [1.807, 2.05) is 66.7 Å². The van der Waals surface area contributed by atoms with E-state index in [2.05, 4.69) is 27.8 Å². The van der Waals surface area contributed by atoms with E-state index >= 15 is 0 Å². The number of fused-ring (bicyclic) bond motifs is 2. The minimum atomic E-state index is -3.16. The number of rotatable bonds is 17. The number of carbonyl (C=O) groups excluding carboxylic acids is 3. The molecule has 56 heavy (non-hydrogen) atoms. The zero-order valence-corrected chi connectivity index (χ0v) is 30.6. The maximum Gasteiger partial charge on any atom is 0.268 e. The van der Waals surface area contributed by atoms with E-state index in [-0.39, 0.29) is 37.3 Å². The van der Waals surface area contributed by atoms with Gasteiger partial charge in [0.25, 0.3) is 11.8 Å². The summed E-state index contributed by atoms with van der Waals surface area (Å²) < 4.78 is 44.7. The van der Waals surface area contributed by atoms with Crippen LogP contribution in [0, 0.1) is 11.3 Å². The summed E-state index contributed by atoms with van der Waals surface area (Å²) in [6, 6.07) is 28.7. The van der Waals surface area contributed by atoms with E-state index in [9.17, 15) is 28.4 Å². The molecule has 0 spiro atoms. The Labute approximate surface area is 322 Å². The lowest BCUT2D eigenvalue weighted by Crippen LogP contribution is -2.43. The van der Waals surface area contributed by atoms with E-state index in [4.69, 9.17) is 19.9 Å². The molecule has 1 fully saturated rings. The number of hydrogen-bond donors (Lipinski definition) is 3. The van der Waals surface area contributed by atoms with Gasteiger partial charge in [-0.05, 0) is 64.2 Å². The van der Waals surface area contributed by atoms with Crippen molar-refractivity contribution in [1.82, 2.24) is 20.5 Å². The van der Waals surface area contributed by atoms with E-state index < -0.39 is 43.3 Å². The zero-order chi connectivity index (χ0) is 39.5. The number of pyridine rings is 1. The summed E-state index contributed by atoms with van der Waals surface area (Å²) in [5, 5.41) is 17.5. The molecule has 1 aliphatic heterocycles. The molecule has 12 nitrogen and oxygen atoms in total. The van der Waals surface area contributed by atoms with Gasteiger partial charge in [0, 0.05) is 24.5 Å². The number of alkyl halides is 2. The number of nitrogens with zero attached hydrogens (tertiary/aromatic N) is 3. The fourth-order valence-corrected chi connectivity index (χ4v) is 6.55. The fraction of sp³-hybridized carbons (Fsp3) is 0.310. The topological polar surface area (TPSA) is 169 Å². The SMILES string of the molecule is N#C[C@@H]1CC(F)(F)CN1C(=O)CNC(=O)c1ccnc2ccc(-c3ccc(OC[C@H](Cc4ccc5ccccc5c4)NC(=O)COCCOCCN)cc3)cc12. The van der Waals surface area contributed by atoms with E-state index in [0.29, 0.717) is 42.8 Å². The first kappa shape index (κ1) is 39.7. The van der Waals surface area contributed by atoms with Crippen LogP contribution >= 0.6 is 0 Å². The predicted molar refractivity (Wildman–Crippen MR) is 206 cm³/mol. The third-order valence-corrected chi connectivity index (χ3v) is 9.29. The Hall–Kier alpha value is -6.01. The highest BCUT2D eigenvalue weighted by atomic mass is 19.3. The number of hydrogen-bond acceptors (Lipinski definition) is 9. The van der Waals surface area contributed by atoms with Crippen molar-refractivity contribution in [1.29, 1.82) is 5.26 Å². The van der Waals surface area contributed by atoms with Crippen molar-refractivity contribution >= 4 is 39.4 Å². The largest absolute Gasteiger partial charge is 0.491 e. The summed E-state index contributed by atoms with van der Waals surface area (Å²) in [5.41, 5.74) is 8.88. The quantitative estimate of drug-likeness (QED) is 0.114. The third-order valence-electron chi connectivity index (χ3n) is 9.29. The summed E-state index contributed by atoms with van der Waals surface area (Å²) in [6.07, 6.45) is 1.26. The van der Waals surface area contributed by atoms with Crippen LogP contribution < -0.4 is 21.1 Å².